The second-order valence-corrected chi connectivity index (χ2v) is 6.51. The first kappa shape index (κ1) is 18.7. The molecule has 6 nitrogen and oxygen atoms in total. The molecule has 0 fully saturated rings. The van der Waals surface area contributed by atoms with Gasteiger partial charge in [-0.15, -0.1) is 0 Å². The SMILES string of the molecule is COc1ccc2cc(C(C)C(=O)Nc3ccc(Cl)c([N+](=O)[O-])c3)ccc2c1. The van der Waals surface area contributed by atoms with Crippen molar-refractivity contribution in [2.75, 3.05) is 12.4 Å². The summed E-state index contributed by atoms with van der Waals surface area (Å²) in [6.45, 7) is 1.78. The molecule has 27 heavy (non-hydrogen) atoms. The molecule has 0 aliphatic rings. The van der Waals surface area contributed by atoms with Gasteiger partial charge in [-0.05, 0) is 47.5 Å². The fourth-order valence-electron chi connectivity index (χ4n) is 2.77. The number of amides is 1. The Bertz CT molecular complexity index is 1040. The van der Waals surface area contributed by atoms with Crippen LogP contribution in [0.3, 0.4) is 0 Å². The van der Waals surface area contributed by atoms with Gasteiger partial charge in [-0.1, -0.05) is 35.9 Å². The van der Waals surface area contributed by atoms with Crippen LogP contribution in [0.15, 0.2) is 54.6 Å². The minimum absolute atomic E-state index is 0.0241. The largest absolute Gasteiger partial charge is 0.497 e. The molecule has 0 spiro atoms. The Morgan fingerprint density at radius 3 is 2.52 bits per heavy atom. The van der Waals surface area contributed by atoms with Crippen molar-refractivity contribution in [2.24, 2.45) is 0 Å². The van der Waals surface area contributed by atoms with E-state index in [1.165, 1.54) is 18.2 Å². The number of hydrogen-bond acceptors (Lipinski definition) is 4. The van der Waals surface area contributed by atoms with Crippen LogP contribution in [-0.2, 0) is 4.79 Å². The number of rotatable bonds is 5. The number of hydrogen-bond donors (Lipinski definition) is 1. The lowest BCUT2D eigenvalue weighted by molar-refractivity contribution is -0.384. The molecule has 3 aromatic rings. The van der Waals surface area contributed by atoms with Gasteiger partial charge in [0.25, 0.3) is 5.69 Å². The van der Waals surface area contributed by atoms with E-state index in [0.717, 1.165) is 22.1 Å². The second kappa shape index (κ2) is 7.63. The first-order valence-electron chi connectivity index (χ1n) is 8.21. The molecule has 3 aromatic carbocycles. The molecule has 7 heteroatoms. The Kier molecular flexibility index (Phi) is 5.28. The van der Waals surface area contributed by atoms with Crippen molar-refractivity contribution < 1.29 is 14.5 Å². The molecule has 3 rings (SSSR count). The molecule has 0 heterocycles. The van der Waals surface area contributed by atoms with Crippen LogP contribution in [0, 0.1) is 10.1 Å². The van der Waals surface area contributed by atoms with Crippen LogP contribution in [0.5, 0.6) is 5.75 Å². The number of carbonyl (C=O) groups is 1. The minimum atomic E-state index is -0.584. The van der Waals surface area contributed by atoms with Crippen LogP contribution in [0.4, 0.5) is 11.4 Å². The van der Waals surface area contributed by atoms with E-state index in [4.69, 9.17) is 16.3 Å². The zero-order chi connectivity index (χ0) is 19.6. The first-order valence-corrected chi connectivity index (χ1v) is 8.59. The maximum atomic E-state index is 12.6. The zero-order valence-corrected chi connectivity index (χ0v) is 15.5. The smallest absolute Gasteiger partial charge is 0.289 e. The van der Waals surface area contributed by atoms with Crippen LogP contribution in [-0.4, -0.2) is 17.9 Å². The lowest BCUT2D eigenvalue weighted by Crippen LogP contribution is -2.18. The highest BCUT2D eigenvalue weighted by atomic mass is 35.5. The van der Waals surface area contributed by atoms with Gasteiger partial charge in [0, 0.05) is 11.8 Å². The summed E-state index contributed by atoms with van der Waals surface area (Å²) in [6, 6.07) is 15.7. The summed E-state index contributed by atoms with van der Waals surface area (Å²) in [5.74, 6) is 0.0658. The topological polar surface area (TPSA) is 81.5 Å². The molecule has 1 N–H and O–H groups in total. The van der Waals surface area contributed by atoms with Gasteiger partial charge in [0.2, 0.25) is 5.91 Å². The Hall–Kier alpha value is -3.12. The minimum Gasteiger partial charge on any atom is -0.497 e. The van der Waals surface area contributed by atoms with E-state index < -0.39 is 10.8 Å². The van der Waals surface area contributed by atoms with Gasteiger partial charge in [0.05, 0.1) is 18.0 Å². The normalized spacial score (nSPS) is 11.8. The predicted molar refractivity (Wildman–Crippen MR) is 106 cm³/mol. The molecular weight excluding hydrogens is 368 g/mol. The average molecular weight is 385 g/mol. The maximum Gasteiger partial charge on any atom is 0.289 e. The predicted octanol–water partition coefficient (Wildman–Crippen LogP) is 5.15. The Morgan fingerprint density at radius 2 is 1.81 bits per heavy atom. The van der Waals surface area contributed by atoms with Crippen LogP contribution in [0.1, 0.15) is 18.4 Å². The molecule has 1 amide bonds. The van der Waals surface area contributed by atoms with Crippen LogP contribution < -0.4 is 10.1 Å². The number of anilines is 1. The third-order valence-corrected chi connectivity index (χ3v) is 4.69. The van der Waals surface area contributed by atoms with Gasteiger partial charge in [-0.25, -0.2) is 0 Å². The third kappa shape index (κ3) is 4.01. The fourth-order valence-corrected chi connectivity index (χ4v) is 2.96. The Labute approximate surface area is 160 Å². The Balaban J connectivity index is 1.82. The maximum absolute atomic E-state index is 12.6. The van der Waals surface area contributed by atoms with Crippen molar-refractivity contribution in [3.05, 3.63) is 75.3 Å². The first-order chi connectivity index (χ1) is 12.9. The van der Waals surface area contributed by atoms with Gasteiger partial charge in [0.1, 0.15) is 10.8 Å². The highest BCUT2D eigenvalue weighted by molar-refractivity contribution is 6.32. The van der Waals surface area contributed by atoms with Crippen LogP contribution in [0.25, 0.3) is 10.8 Å². The average Bonchev–Trinajstić information content (AvgIpc) is 2.67. The fraction of sp³-hybridized carbons (Fsp3) is 0.150. The molecule has 0 aliphatic carbocycles. The third-order valence-electron chi connectivity index (χ3n) is 4.38. The van der Waals surface area contributed by atoms with Gasteiger partial charge in [-0.3, -0.25) is 14.9 Å². The lowest BCUT2D eigenvalue weighted by atomic mass is 9.97. The van der Waals surface area contributed by atoms with Crippen LogP contribution >= 0.6 is 11.6 Å². The van der Waals surface area contributed by atoms with Crippen molar-refractivity contribution in [3.8, 4) is 5.75 Å². The van der Waals surface area contributed by atoms with Crippen molar-refractivity contribution in [2.45, 2.75) is 12.8 Å². The van der Waals surface area contributed by atoms with Crippen molar-refractivity contribution in [1.82, 2.24) is 0 Å². The number of nitro groups is 1. The lowest BCUT2D eigenvalue weighted by Gasteiger charge is -2.14. The number of benzene rings is 3. The molecule has 0 bridgehead atoms. The van der Waals surface area contributed by atoms with E-state index >= 15 is 0 Å². The molecule has 0 saturated heterocycles. The van der Waals surface area contributed by atoms with E-state index in [9.17, 15) is 14.9 Å². The van der Waals surface area contributed by atoms with Crippen LogP contribution in [0.2, 0.25) is 5.02 Å². The highest BCUT2D eigenvalue weighted by Gasteiger charge is 2.18. The number of nitrogens with zero attached hydrogens (tertiary/aromatic N) is 1. The van der Waals surface area contributed by atoms with Crippen molar-refractivity contribution in [3.63, 3.8) is 0 Å². The number of nitrogens with one attached hydrogen (secondary N) is 1. The van der Waals surface area contributed by atoms with E-state index in [0.29, 0.717) is 5.69 Å². The summed E-state index contributed by atoms with van der Waals surface area (Å²) in [5, 5.41) is 15.7. The quantitative estimate of drug-likeness (QED) is 0.487. The van der Waals surface area contributed by atoms with E-state index in [-0.39, 0.29) is 16.6 Å². The number of carbonyl (C=O) groups excluding carboxylic acids is 1. The molecule has 0 radical (unpaired) electrons. The summed E-state index contributed by atoms with van der Waals surface area (Å²) >= 11 is 5.80. The Morgan fingerprint density at radius 1 is 1.11 bits per heavy atom. The van der Waals surface area contributed by atoms with E-state index in [1.807, 2.05) is 36.4 Å². The summed E-state index contributed by atoms with van der Waals surface area (Å²) in [4.78, 5) is 23.0. The molecule has 138 valence electrons. The summed E-state index contributed by atoms with van der Waals surface area (Å²) in [6.07, 6.45) is 0. The van der Waals surface area contributed by atoms with Crippen molar-refractivity contribution >= 4 is 39.7 Å². The van der Waals surface area contributed by atoms with Gasteiger partial charge < -0.3 is 10.1 Å². The molecule has 0 saturated carbocycles. The molecule has 1 unspecified atom stereocenters. The summed E-state index contributed by atoms with van der Waals surface area (Å²) < 4.78 is 5.22. The number of halogens is 1. The highest BCUT2D eigenvalue weighted by Crippen LogP contribution is 2.29. The summed E-state index contributed by atoms with van der Waals surface area (Å²) in [5.41, 5.74) is 0.920. The number of ether oxygens (including phenoxy) is 1. The molecule has 1 atom stereocenters. The monoisotopic (exact) mass is 384 g/mol. The summed E-state index contributed by atoms with van der Waals surface area (Å²) in [7, 11) is 1.61. The van der Waals surface area contributed by atoms with E-state index in [1.54, 1.807) is 14.0 Å². The zero-order valence-electron chi connectivity index (χ0n) is 14.7. The number of nitro benzene ring substituents is 1. The number of methoxy groups -OCH3 is 1. The standard InChI is InChI=1S/C20H17ClN2O4/c1-12(13-3-4-15-10-17(27-2)7-5-14(15)9-13)20(24)22-16-6-8-18(21)19(11-16)23(25)26/h3-12H,1-2H3,(H,22,24). The van der Waals surface area contributed by atoms with Gasteiger partial charge in [-0.2, -0.15) is 0 Å². The second-order valence-electron chi connectivity index (χ2n) is 6.11. The van der Waals surface area contributed by atoms with Gasteiger partial charge >= 0.3 is 0 Å². The molecular formula is C20H17ClN2O4. The van der Waals surface area contributed by atoms with Crippen molar-refractivity contribution in [1.29, 1.82) is 0 Å². The van der Waals surface area contributed by atoms with E-state index in [2.05, 4.69) is 5.32 Å². The number of fused-ring (bicyclic) bond motifs is 1. The molecule has 0 aliphatic heterocycles. The van der Waals surface area contributed by atoms with Gasteiger partial charge in [0.15, 0.2) is 0 Å². The molecule has 0 aromatic heterocycles.